The van der Waals surface area contributed by atoms with Gasteiger partial charge in [0.2, 0.25) is 0 Å². The molecule has 0 fully saturated rings. The summed E-state index contributed by atoms with van der Waals surface area (Å²) in [7, 11) is 4.19. The van der Waals surface area contributed by atoms with Crippen LogP contribution in [0, 0.1) is 13.8 Å². The summed E-state index contributed by atoms with van der Waals surface area (Å²) in [4.78, 5) is 9.54. The van der Waals surface area contributed by atoms with Gasteiger partial charge in [-0.05, 0) is 116 Å². The summed E-state index contributed by atoms with van der Waals surface area (Å²) in [6, 6.07) is 48.9. The fourth-order valence-corrected chi connectivity index (χ4v) is 7.42. The Morgan fingerprint density at radius 3 is 1.46 bits per heavy atom. The quantitative estimate of drug-likeness (QED) is 0.184. The summed E-state index contributed by atoms with van der Waals surface area (Å²) < 4.78 is 4.35. The second-order valence-electron chi connectivity index (χ2n) is 12.8. The number of nitrogens with zero attached hydrogens (tertiary/aromatic N) is 4. The van der Waals surface area contributed by atoms with Gasteiger partial charge in [-0.3, -0.25) is 0 Å². The van der Waals surface area contributed by atoms with Crippen LogP contribution in [0.15, 0.2) is 133 Å². The van der Waals surface area contributed by atoms with E-state index in [1.54, 1.807) is 0 Å². The second-order valence-corrected chi connectivity index (χ2v) is 12.8. The molecule has 0 saturated carbocycles. The minimum atomic E-state index is 1.01. The Hall–Kier alpha value is -6.00. The van der Waals surface area contributed by atoms with Crippen molar-refractivity contribution >= 4 is 43.6 Å². The highest BCUT2D eigenvalue weighted by atomic mass is 15.1. The highest BCUT2D eigenvalue weighted by Crippen LogP contribution is 2.44. The molecule has 0 aliphatic rings. The fraction of sp³-hybridized carbons (Fsp3) is 0.0909. The van der Waals surface area contributed by atoms with E-state index in [0.29, 0.717) is 0 Å². The Morgan fingerprint density at radius 1 is 0.396 bits per heavy atom. The Bertz CT molecular complexity index is 2570. The predicted molar refractivity (Wildman–Crippen MR) is 201 cm³/mol. The lowest BCUT2D eigenvalue weighted by molar-refractivity contribution is 0.886. The molecule has 48 heavy (non-hydrogen) atoms. The van der Waals surface area contributed by atoms with Crippen molar-refractivity contribution in [2.75, 3.05) is 0 Å². The number of aryl methyl sites for hydroxylation is 4. The maximum atomic E-state index is 4.77. The normalized spacial score (nSPS) is 11.8. The number of rotatable bonds is 4. The van der Waals surface area contributed by atoms with Crippen LogP contribution in [0.3, 0.4) is 0 Å². The number of hydrogen-bond donors (Lipinski definition) is 0. The molecule has 2 heterocycles. The van der Waals surface area contributed by atoms with Crippen LogP contribution in [0.5, 0.6) is 0 Å². The van der Waals surface area contributed by atoms with Crippen LogP contribution >= 0.6 is 0 Å². The lowest BCUT2D eigenvalue weighted by atomic mass is 9.85. The maximum Gasteiger partial charge on any atom is 0.106 e. The van der Waals surface area contributed by atoms with Gasteiger partial charge >= 0.3 is 0 Å². The second kappa shape index (κ2) is 10.8. The minimum absolute atomic E-state index is 1.01. The van der Waals surface area contributed by atoms with Crippen LogP contribution in [0.4, 0.5) is 0 Å². The lowest BCUT2D eigenvalue weighted by Crippen LogP contribution is -1.93. The molecule has 7 aromatic carbocycles. The highest BCUT2D eigenvalue weighted by molar-refractivity contribution is 6.19. The molecule has 2 aromatic heterocycles. The van der Waals surface area contributed by atoms with Crippen molar-refractivity contribution in [3.05, 3.63) is 145 Å². The Kier molecular flexibility index (Phi) is 6.34. The van der Waals surface area contributed by atoms with E-state index < -0.39 is 0 Å². The van der Waals surface area contributed by atoms with Gasteiger partial charge in [0.05, 0.1) is 22.1 Å². The summed E-state index contributed by atoms with van der Waals surface area (Å²) in [6.07, 6.45) is 0. The molecule has 9 aromatic rings. The lowest BCUT2D eigenvalue weighted by Gasteiger charge is -2.18. The van der Waals surface area contributed by atoms with E-state index in [1.165, 1.54) is 66.1 Å². The molecule has 4 nitrogen and oxygen atoms in total. The summed E-state index contributed by atoms with van der Waals surface area (Å²) in [5.74, 6) is 2.02. The Morgan fingerprint density at radius 2 is 0.896 bits per heavy atom. The Labute approximate surface area is 279 Å². The predicted octanol–water partition coefficient (Wildman–Crippen LogP) is 11.1. The molecule has 0 atom stereocenters. The molecule has 0 saturated heterocycles. The van der Waals surface area contributed by atoms with E-state index in [-0.39, 0.29) is 0 Å². The van der Waals surface area contributed by atoms with Gasteiger partial charge in [0.25, 0.3) is 0 Å². The third-order valence-corrected chi connectivity index (χ3v) is 10.1. The van der Waals surface area contributed by atoms with Gasteiger partial charge in [0.1, 0.15) is 11.6 Å². The minimum Gasteiger partial charge on any atom is -0.331 e. The van der Waals surface area contributed by atoms with Crippen LogP contribution < -0.4 is 0 Å². The average molecular weight is 619 g/mol. The van der Waals surface area contributed by atoms with Gasteiger partial charge in [0, 0.05) is 14.1 Å². The largest absolute Gasteiger partial charge is 0.331 e. The molecule has 4 heteroatoms. The van der Waals surface area contributed by atoms with Gasteiger partial charge < -0.3 is 9.13 Å². The zero-order valence-electron chi connectivity index (χ0n) is 27.5. The molecule has 0 bridgehead atoms. The molecule has 0 spiro atoms. The van der Waals surface area contributed by atoms with Gasteiger partial charge in [-0.25, -0.2) is 9.97 Å². The van der Waals surface area contributed by atoms with Crippen LogP contribution in [-0.4, -0.2) is 19.1 Å². The third kappa shape index (κ3) is 4.37. The van der Waals surface area contributed by atoms with Gasteiger partial charge in [0.15, 0.2) is 0 Å². The molecular formula is C44H34N4. The van der Waals surface area contributed by atoms with E-state index in [4.69, 9.17) is 9.97 Å². The molecule has 0 aliphatic carbocycles. The van der Waals surface area contributed by atoms with E-state index in [2.05, 4.69) is 171 Å². The smallest absolute Gasteiger partial charge is 0.106 e. The topological polar surface area (TPSA) is 35.6 Å². The fourth-order valence-electron chi connectivity index (χ4n) is 7.42. The molecule has 9 rings (SSSR count). The number of hydrogen-bond acceptors (Lipinski definition) is 2. The van der Waals surface area contributed by atoms with Crippen molar-refractivity contribution in [3.8, 4) is 44.5 Å². The Balaban J connectivity index is 1.37. The van der Waals surface area contributed by atoms with Crippen molar-refractivity contribution in [2.45, 2.75) is 13.8 Å². The van der Waals surface area contributed by atoms with E-state index in [1.807, 2.05) is 0 Å². The van der Waals surface area contributed by atoms with Gasteiger partial charge in [-0.1, -0.05) is 97.1 Å². The number of fused-ring (bicyclic) bond motifs is 4. The molecular weight excluding hydrogens is 585 g/mol. The van der Waals surface area contributed by atoms with E-state index >= 15 is 0 Å². The first kappa shape index (κ1) is 28.2. The average Bonchev–Trinajstić information content (AvgIpc) is 3.58. The van der Waals surface area contributed by atoms with Crippen molar-refractivity contribution in [1.82, 2.24) is 19.1 Å². The zero-order valence-corrected chi connectivity index (χ0v) is 27.5. The molecule has 230 valence electrons. The summed E-state index contributed by atoms with van der Waals surface area (Å²) in [5.41, 5.74) is 14.0. The van der Waals surface area contributed by atoms with Gasteiger partial charge in [-0.15, -0.1) is 0 Å². The molecule has 0 amide bonds. The van der Waals surface area contributed by atoms with Crippen LogP contribution in [0.25, 0.3) is 88.1 Å². The summed E-state index contributed by atoms with van der Waals surface area (Å²) in [5, 5.41) is 4.93. The van der Waals surface area contributed by atoms with Crippen molar-refractivity contribution < 1.29 is 0 Å². The zero-order chi connectivity index (χ0) is 32.5. The summed E-state index contributed by atoms with van der Waals surface area (Å²) >= 11 is 0. The summed E-state index contributed by atoms with van der Waals surface area (Å²) in [6.45, 7) is 4.12. The molecule has 0 unspecified atom stereocenters. The number of benzene rings is 7. The molecule has 0 radical (unpaired) electrons. The standard InChI is InChI=1S/C44H34N4/c1-27-45-40-21-19-31(24-42(40)47(27)3)34-15-9-17-36-38(34)26-39-35(32-20-22-41-43(25-32)48(4)28(2)46-41)16-10-18-37(39)44(36)33-14-8-13-30(23-33)29-11-6-5-7-12-29/h5-26H,1-4H3. The first-order valence-electron chi connectivity index (χ1n) is 16.5. The van der Waals surface area contributed by atoms with Crippen molar-refractivity contribution in [2.24, 2.45) is 14.1 Å². The van der Waals surface area contributed by atoms with Crippen molar-refractivity contribution in [3.63, 3.8) is 0 Å². The maximum absolute atomic E-state index is 4.77. The SMILES string of the molecule is Cc1nc2ccc(-c3cccc4c(-c5cccc(-c6ccccc6)c5)c5cccc(-c6ccc7nc(C)n(C)c7c6)c5cc34)cc2n1C. The number of imidazole rings is 2. The van der Waals surface area contributed by atoms with Crippen LogP contribution in [0.2, 0.25) is 0 Å². The van der Waals surface area contributed by atoms with Gasteiger partial charge in [-0.2, -0.15) is 0 Å². The van der Waals surface area contributed by atoms with E-state index in [0.717, 1.165) is 33.7 Å². The molecule has 0 aliphatic heterocycles. The van der Waals surface area contributed by atoms with Crippen LogP contribution in [-0.2, 0) is 14.1 Å². The molecule has 0 N–H and O–H groups in total. The van der Waals surface area contributed by atoms with Crippen LogP contribution in [0.1, 0.15) is 11.6 Å². The first-order chi connectivity index (χ1) is 23.4. The highest BCUT2D eigenvalue weighted by Gasteiger charge is 2.18. The number of aromatic nitrogens is 4. The third-order valence-electron chi connectivity index (χ3n) is 10.1. The van der Waals surface area contributed by atoms with Crippen molar-refractivity contribution in [1.29, 1.82) is 0 Å². The first-order valence-corrected chi connectivity index (χ1v) is 16.5. The van der Waals surface area contributed by atoms with E-state index in [9.17, 15) is 0 Å². The monoisotopic (exact) mass is 618 g/mol.